The lowest BCUT2D eigenvalue weighted by molar-refractivity contribution is -0.120. The number of thioether (sulfide) groups is 1. The molecule has 0 saturated carbocycles. The summed E-state index contributed by atoms with van der Waals surface area (Å²) in [4.78, 5) is 23.0. The molecule has 2 aromatic rings. The Morgan fingerprint density at radius 2 is 2.00 bits per heavy atom. The van der Waals surface area contributed by atoms with Crippen LogP contribution in [0.4, 0.5) is 4.79 Å². The number of halogens is 1. The number of carbonyl (C=O) groups excluding carboxylic acids is 2. The van der Waals surface area contributed by atoms with Crippen molar-refractivity contribution in [2.75, 3.05) is 0 Å². The number of amides is 3. The van der Waals surface area contributed by atoms with E-state index in [0.29, 0.717) is 13.3 Å². The third kappa shape index (κ3) is 4.79. The van der Waals surface area contributed by atoms with Crippen molar-refractivity contribution in [1.82, 2.24) is 15.1 Å². The van der Waals surface area contributed by atoms with Gasteiger partial charge in [-0.2, -0.15) is 0 Å². The lowest BCUT2D eigenvalue weighted by Gasteiger charge is -2.17. The van der Waals surface area contributed by atoms with Crippen molar-refractivity contribution >= 4 is 58.9 Å². The van der Waals surface area contributed by atoms with Gasteiger partial charge in [0.2, 0.25) is 5.91 Å². The molecule has 0 bridgehead atoms. The zero-order valence-corrected chi connectivity index (χ0v) is 16.1. The van der Waals surface area contributed by atoms with Gasteiger partial charge >= 0.3 is 6.03 Å². The second-order valence-electron chi connectivity index (χ2n) is 5.16. The Kier molecular flexibility index (Phi) is 6.39. The van der Waals surface area contributed by atoms with Crippen LogP contribution in [0.3, 0.4) is 0 Å². The molecule has 1 unspecified atom stereocenters. The van der Waals surface area contributed by atoms with Gasteiger partial charge in [-0.25, -0.2) is 9.48 Å². The van der Waals surface area contributed by atoms with Gasteiger partial charge in [-0.3, -0.25) is 10.1 Å². The van der Waals surface area contributed by atoms with Gasteiger partial charge in [0, 0.05) is 5.02 Å². The zero-order chi connectivity index (χ0) is 17.9. The highest BCUT2D eigenvalue weighted by atomic mass is 35.5. The fourth-order valence-corrected chi connectivity index (χ4v) is 4.54. The molecule has 128 valence electrons. The molecule has 1 heterocycles. The van der Waals surface area contributed by atoms with Crippen molar-refractivity contribution in [3.63, 3.8) is 0 Å². The van der Waals surface area contributed by atoms with E-state index in [1.54, 1.807) is 16.8 Å². The zero-order valence-electron chi connectivity index (χ0n) is 12.9. The van der Waals surface area contributed by atoms with Crippen LogP contribution in [0, 0.1) is 9.87 Å². The quantitative estimate of drug-likeness (QED) is 0.588. The van der Waals surface area contributed by atoms with E-state index >= 15 is 0 Å². The van der Waals surface area contributed by atoms with E-state index in [9.17, 15) is 9.59 Å². The molecule has 10 heteroatoms. The van der Waals surface area contributed by atoms with Crippen LogP contribution in [0.2, 0.25) is 5.02 Å². The van der Waals surface area contributed by atoms with E-state index in [0.717, 1.165) is 5.69 Å². The predicted octanol–water partition coefficient (Wildman–Crippen LogP) is 3.63. The summed E-state index contributed by atoms with van der Waals surface area (Å²) < 4.78 is 2.80. The van der Waals surface area contributed by atoms with Gasteiger partial charge in [0.05, 0.1) is 10.9 Å². The summed E-state index contributed by atoms with van der Waals surface area (Å²) in [6.07, 6.45) is 0. The van der Waals surface area contributed by atoms with Crippen molar-refractivity contribution in [1.29, 1.82) is 0 Å². The fraction of sp³-hybridized carbons (Fsp3) is 0.286. The highest BCUT2D eigenvalue weighted by molar-refractivity contribution is 8.02. The van der Waals surface area contributed by atoms with E-state index < -0.39 is 17.2 Å². The number of urea groups is 1. The third-order valence-electron chi connectivity index (χ3n) is 2.94. The van der Waals surface area contributed by atoms with Crippen molar-refractivity contribution in [3.8, 4) is 5.69 Å². The molecule has 24 heavy (non-hydrogen) atoms. The van der Waals surface area contributed by atoms with Gasteiger partial charge in [-0.15, -0.1) is 5.10 Å². The van der Waals surface area contributed by atoms with E-state index in [4.69, 9.17) is 29.6 Å². The van der Waals surface area contributed by atoms with Crippen molar-refractivity contribution < 1.29 is 9.59 Å². The molecule has 0 aliphatic carbocycles. The lowest BCUT2D eigenvalue weighted by atomic mass is 10.1. The first-order valence-corrected chi connectivity index (χ1v) is 9.39. The number of imide groups is 1. The van der Waals surface area contributed by atoms with Crippen LogP contribution in [-0.2, 0) is 4.79 Å². The first-order chi connectivity index (χ1) is 11.3. The van der Waals surface area contributed by atoms with Gasteiger partial charge in [-0.1, -0.05) is 48.5 Å². The molecule has 0 saturated heterocycles. The van der Waals surface area contributed by atoms with Crippen LogP contribution in [0.15, 0.2) is 28.6 Å². The number of aromatic nitrogens is 2. The number of nitrogens with zero attached hydrogens (tertiary/aromatic N) is 2. The number of rotatable bonds is 5. The largest absolute Gasteiger partial charge is 0.351 e. The average Bonchev–Trinajstić information content (AvgIpc) is 2.85. The van der Waals surface area contributed by atoms with Crippen LogP contribution in [0.1, 0.15) is 13.8 Å². The van der Waals surface area contributed by atoms with E-state index in [2.05, 4.69) is 10.4 Å². The van der Waals surface area contributed by atoms with Crippen molar-refractivity contribution in [3.05, 3.63) is 33.2 Å². The van der Waals surface area contributed by atoms with Crippen molar-refractivity contribution in [2.24, 2.45) is 11.7 Å². The summed E-state index contributed by atoms with van der Waals surface area (Å²) in [7, 11) is 0. The molecule has 0 fully saturated rings. The van der Waals surface area contributed by atoms with E-state index in [1.807, 2.05) is 26.0 Å². The molecule has 3 N–H and O–H groups in total. The Morgan fingerprint density at radius 1 is 1.38 bits per heavy atom. The Bertz CT molecular complexity index is 801. The maximum atomic E-state index is 12.1. The number of nitrogens with two attached hydrogens (primary N) is 1. The number of nitrogens with one attached hydrogen (secondary N) is 1. The number of hydrogen-bond acceptors (Lipinski definition) is 6. The third-order valence-corrected chi connectivity index (χ3v) is 6.05. The smallest absolute Gasteiger partial charge is 0.318 e. The van der Waals surface area contributed by atoms with Crippen LogP contribution in [0.25, 0.3) is 5.69 Å². The number of hydrogen-bond donors (Lipinski definition) is 2. The number of benzene rings is 1. The molecule has 0 aliphatic heterocycles. The average molecular weight is 403 g/mol. The molecule has 0 spiro atoms. The Morgan fingerprint density at radius 3 is 2.54 bits per heavy atom. The summed E-state index contributed by atoms with van der Waals surface area (Å²) in [6.45, 7) is 3.77. The van der Waals surface area contributed by atoms with Gasteiger partial charge in [0.15, 0.2) is 8.29 Å². The minimum atomic E-state index is -0.870. The summed E-state index contributed by atoms with van der Waals surface area (Å²) in [5, 5.41) is 6.68. The standard InChI is InChI=1S/C14H15ClN4O2S3/c1-7(2)10(11(20)17-12(16)21)23-13-18-19(14(22)24-13)9-5-3-8(15)4-6-9/h3-7,10H,1-2H3,(H3,16,17,20,21). The minimum absolute atomic E-state index is 0.0178. The Labute approximate surface area is 157 Å². The molecule has 1 atom stereocenters. The number of primary amides is 1. The fourth-order valence-electron chi connectivity index (χ4n) is 1.85. The molecule has 0 aliphatic rings. The summed E-state index contributed by atoms with van der Waals surface area (Å²) in [6, 6.07) is 6.26. The second-order valence-corrected chi connectivity index (χ2v) is 8.61. The maximum Gasteiger partial charge on any atom is 0.318 e. The molecule has 0 radical (unpaired) electrons. The second kappa shape index (κ2) is 8.11. The monoisotopic (exact) mass is 402 g/mol. The Balaban J connectivity index is 2.24. The summed E-state index contributed by atoms with van der Waals surface area (Å²) in [5.74, 6) is -0.461. The highest BCUT2D eigenvalue weighted by Crippen LogP contribution is 2.31. The van der Waals surface area contributed by atoms with Gasteiger partial charge in [0.25, 0.3) is 0 Å². The maximum absolute atomic E-state index is 12.1. The molecular weight excluding hydrogens is 388 g/mol. The SMILES string of the molecule is CC(C)C(Sc1nn(-c2ccc(Cl)cc2)c(=S)s1)C(=O)NC(N)=O. The molecule has 6 nitrogen and oxygen atoms in total. The van der Waals surface area contributed by atoms with Crippen LogP contribution < -0.4 is 11.1 Å². The highest BCUT2D eigenvalue weighted by Gasteiger charge is 2.26. The normalized spacial score (nSPS) is 12.2. The summed E-state index contributed by atoms with van der Waals surface area (Å²) in [5.41, 5.74) is 5.80. The van der Waals surface area contributed by atoms with E-state index in [1.165, 1.54) is 23.1 Å². The molecule has 1 aromatic heterocycles. The predicted molar refractivity (Wildman–Crippen MR) is 99.5 cm³/mol. The first-order valence-electron chi connectivity index (χ1n) is 6.91. The minimum Gasteiger partial charge on any atom is -0.351 e. The lowest BCUT2D eigenvalue weighted by Crippen LogP contribution is -2.42. The van der Waals surface area contributed by atoms with Gasteiger partial charge in [0.1, 0.15) is 0 Å². The van der Waals surface area contributed by atoms with Crippen LogP contribution in [0.5, 0.6) is 0 Å². The van der Waals surface area contributed by atoms with Crippen LogP contribution in [-0.4, -0.2) is 27.0 Å². The van der Waals surface area contributed by atoms with Gasteiger partial charge < -0.3 is 5.73 Å². The van der Waals surface area contributed by atoms with Crippen molar-refractivity contribution in [2.45, 2.75) is 23.4 Å². The van der Waals surface area contributed by atoms with E-state index in [-0.39, 0.29) is 5.92 Å². The Hall–Kier alpha value is -1.42. The van der Waals surface area contributed by atoms with Crippen LogP contribution >= 0.6 is 46.9 Å². The molecular formula is C14H15ClN4O2S3. The first kappa shape index (κ1) is 18.9. The topological polar surface area (TPSA) is 90.0 Å². The van der Waals surface area contributed by atoms with Gasteiger partial charge in [-0.05, 0) is 42.4 Å². The number of carbonyl (C=O) groups is 2. The molecule has 3 amide bonds. The molecule has 1 aromatic carbocycles. The molecule has 2 rings (SSSR count). The summed E-state index contributed by atoms with van der Waals surface area (Å²) >= 11 is 13.8.